The van der Waals surface area contributed by atoms with Crippen LogP contribution in [-0.4, -0.2) is 14.5 Å². The Morgan fingerprint density at radius 3 is 2.63 bits per heavy atom. The van der Waals surface area contributed by atoms with Crippen molar-refractivity contribution in [2.75, 3.05) is 0 Å². The highest BCUT2D eigenvalue weighted by Gasteiger charge is 2.06. The zero-order valence-electron chi connectivity index (χ0n) is 16.7. The lowest BCUT2D eigenvalue weighted by Gasteiger charge is -2.10. The first-order valence-electron chi connectivity index (χ1n) is 10.1. The van der Waals surface area contributed by atoms with E-state index in [4.69, 9.17) is 0 Å². The van der Waals surface area contributed by atoms with Crippen LogP contribution in [0.3, 0.4) is 0 Å². The van der Waals surface area contributed by atoms with Gasteiger partial charge in [0.1, 0.15) is 0 Å². The van der Waals surface area contributed by atoms with Gasteiger partial charge in [0.25, 0.3) is 0 Å². The Kier molecular flexibility index (Phi) is 4.86. The number of aromatic nitrogens is 3. The number of nitrogens with zero attached hydrogens (tertiary/aromatic N) is 3. The van der Waals surface area contributed by atoms with Crippen molar-refractivity contribution in [2.24, 2.45) is 0 Å². The van der Waals surface area contributed by atoms with E-state index in [1.54, 1.807) is 0 Å². The van der Waals surface area contributed by atoms with Crippen molar-refractivity contribution < 1.29 is 0 Å². The largest absolute Gasteiger partial charge is 0.343 e. The smallest absolute Gasteiger partial charge is 0.0894 e. The molecule has 0 fully saturated rings. The van der Waals surface area contributed by atoms with Crippen molar-refractivity contribution in [3.63, 3.8) is 0 Å². The average molecular weight is 388 g/mol. The summed E-state index contributed by atoms with van der Waals surface area (Å²) in [5, 5.41) is 1.27. The third kappa shape index (κ3) is 3.62. The van der Waals surface area contributed by atoms with Crippen LogP contribution >= 0.6 is 0 Å². The van der Waals surface area contributed by atoms with Crippen molar-refractivity contribution in [1.82, 2.24) is 14.5 Å². The van der Waals surface area contributed by atoms with Gasteiger partial charge in [-0.3, -0.25) is 4.98 Å². The summed E-state index contributed by atoms with van der Waals surface area (Å²) in [5.74, 6) is 0. The van der Waals surface area contributed by atoms with E-state index < -0.39 is 0 Å². The van der Waals surface area contributed by atoms with Gasteiger partial charge in [0, 0.05) is 12.7 Å². The van der Waals surface area contributed by atoms with Crippen LogP contribution < -0.4 is 0 Å². The van der Waals surface area contributed by atoms with Crippen LogP contribution in [0.1, 0.15) is 22.4 Å². The average Bonchev–Trinajstić information content (AvgIpc) is 3.21. The molecule has 0 atom stereocenters. The molecule has 5 rings (SSSR count). The highest BCUT2D eigenvalue weighted by molar-refractivity contribution is 5.83. The summed E-state index contributed by atoms with van der Waals surface area (Å²) in [6, 6.07) is 25.2. The summed E-state index contributed by atoms with van der Waals surface area (Å²) in [6.07, 6.45) is 8.88. The molecule has 0 N–H and O–H groups in total. The maximum absolute atomic E-state index is 4.67. The number of rotatable bonds is 5. The topological polar surface area (TPSA) is 30.7 Å². The fraction of sp³-hybridized carbons (Fsp3) is 0.0741. The van der Waals surface area contributed by atoms with E-state index in [1.165, 1.54) is 22.0 Å². The molecule has 2 heterocycles. The van der Waals surface area contributed by atoms with Gasteiger partial charge in [0.15, 0.2) is 0 Å². The van der Waals surface area contributed by atoms with Crippen LogP contribution in [0.15, 0.2) is 85.2 Å². The standard InChI is InChI=1S/C27H22N3/c1-2-22-9-6-10-23-15-16-30(27(22)23)19-21-8-5-7-20(17-21)13-14-24-18-28-25-11-3-4-12-26(25)29-24/h3-18H,1-2,19H2/b14-13+. The Bertz CT molecular complexity index is 1360. The minimum atomic E-state index is 0.789. The van der Waals surface area contributed by atoms with Gasteiger partial charge in [-0.1, -0.05) is 54.6 Å². The quantitative estimate of drug-likeness (QED) is 0.360. The fourth-order valence-corrected chi connectivity index (χ4v) is 3.90. The van der Waals surface area contributed by atoms with Crippen LogP contribution in [0.5, 0.6) is 0 Å². The molecule has 0 unspecified atom stereocenters. The van der Waals surface area contributed by atoms with Gasteiger partial charge in [0.05, 0.1) is 28.4 Å². The van der Waals surface area contributed by atoms with E-state index in [0.717, 1.165) is 35.3 Å². The minimum absolute atomic E-state index is 0.789. The van der Waals surface area contributed by atoms with E-state index >= 15 is 0 Å². The van der Waals surface area contributed by atoms with Crippen LogP contribution in [-0.2, 0) is 13.0 Å². The van der Waals surface area contributed by atoms with Crippen LogP contribution in [0.25, 0.3) is 34.1 Å². The van der Waals surface area contributed by atoms with E-state index in [9.17, 15) is 0 Å². The molecule has 2 aromatic heterocycles. The molecule has 0 saturated heterocycles. The maximum atomic E-state index is 4.67. The molecule has 3 heteroatoms. The predicted molar refractivity (Wildman–Crippen MR) is 125 cm³/mol. The van der Waals surface area contributed by atoms with Gasteiger partial charge in [-0.25, -0.2) is 4.98 Å². The molecule has 3 aromatic carbocycles. The molecule has 1 radical (unpaired) electrons. The molecule has 0 aliphatic heterocycles. The first-order chi connectivity index (χ1) is 14.8. The van der Waals surface area contributed by atoms with Crippen LogP contribution in [0, 0.1) is 6.92 Å². The van der Waals surface area contributed by atoms with Crippen molar-refractivity contribution >= 4 is 34.1 Å². The minimum Gasteiger partial charge on any atom is -0.343 e. The lowest BCUT2D eigenvalue weighted by molar-refractivity contribution is 0.832. The number of hydrogen-bond acceptors (Lipinski definition) is 2. The van der Waals surface area contributed by atoms with Gasteiger partial charge < -0.3 is 4.57 Å². The van der Waals surface area contributed by atoms with Gasteiger partial charge in [-0.15, -0.1) is 0 Å². The lowest BCUT2D eigenvalue weighted by Crippen LogP contribution is -2.00. The number of benzene rings is 3. The second-order valence-electron chi connectivity index (χ2n) is 7.41. The van der Waals surface area contributed by atoms with Gasteiger partial charge in [-0.2, -0.15) is 0 Å². The molecule has 0 spiro atoms. The number of fused-ring (bicyclic) bond motifs is 2. The zero-order chi connectivity index (χ0) is 20.3. The normalized spacial score (nSPS) is 11.6. The highest BCUT2D eigenvalue weighted by atomic mass is 15.0. The van der Waals surface area contributed by atoms with Gasteiger partial charge in [-0.05, 0) is 65.8 Å². The summed E-state index contributed by atoms with van der Waals surface area (Å²) < 4.78 is 2.31. The third-order valence-electron chi connectivity index (χ3n) is 5.36. The Labute approximate surface area is 176 Å². The Hall–Kier alpha value is -3.72. The SMILES string of the molecule is [CH2]Cc1cccc2ccn(Cc3cccc(/C=C/c4cnc5ccccc5n4)c3)c12. The van der Waals surface area contributed by atoms with E-state index in [0.29, 0.717) is 0 Å². The summed E-state index contributed by atoms with van der Waals surface area (Å²) in [5.41, 5.74) is 7.65. The first-order valence-corrected chi connectivity index (χ1v) is 10.1. The van der Waals surface area contributed by atoms with E-state index in [1.807, 2.05) is 36.5 Å². The molecule has 0 amide bonds. The monoisotopic (exact) mass is 388 g/mol. The lowest BCUT2D eigenvalue weighted by atomic mass is 10.1. The second kappa shape index (κ2) is 7.96. The molecule has 145 valence electrons. The summed E-state index contributed by atoms with van der Waals surface area (Å²) in [6.45, 7) is 4.92. The maximum Gasteiger partial charge on any atom is 0.0894 e. The molecule has 0 aliphatic rings. The van der Waals surface area contributed by atoms with Crippen LogP contribution in [0.2, 0.25) is 0 Å². The first kappa shape index (κ1) is 18.3. The predicted octanol–water partition coefficient (Wildman–Crippen LogP) is 6.18. The van der Waals surface area contributed by atoms with Crippen molar-refractivity contribution in [2.45, 2.75) is 13.0 Å². The molecule has 0 bridgehead atoms. The molecule has 5 aromatic rings. The zero-order valence-corrected chi connectivity index (χ0v) is 16.7. The van der Waals surface area contributed by atoms with E-state index in [2.05, 4.69) is 82.3 Å². The van der Waals surface area contributed by atoms with Gasteiger partial charge >= 0.3 is 0 Å². The summed E-state index contributed by atoms with van der Waals surface area (Å²) >= 11 is 0. The van der Waals surface area contributed by atoms with Gasteiger partial charge in [0.2, 0.25) is 0 Å². The molecule has 30 heavy (non-hydrogen) atoms. The van der Waals surface area contributed by atoms with Crippen LogP contribution in [0.4, 0.5) is 0 Å². The summed E-state index contributed by atoms with van der Waals surface area (Å²) in [7, 11) is 0. The second-order valence-corrected chi connectivity index (χ2v) is 7.41. The van der Waals surface area contributed by atoms with Crippen molar-refractivity contribution in [3.05, 3.63) is 114 Å². The Morgan fingerprint density at radius 1 is 0.867 bits per heavy atom. The Morgan fingerprint density at radius 2 is 1.73 bits per heavy atom. The number of para-hydroxylation sites is 3. The van der Waals surface area contributed by atoms with Crippen molar-refractivity contribution in [1.29, 1.82) is 0 Å². The highest BCUT2D eigenvalue weighted by Crippen LogP contribution is 2.22. The van der Waals surface area contributed by atoms with E-state index in [-0.39, 0.29) is 0 Å². The molecule has 0 saturated carbocycles. The fourth-order valence-electron chi connectivity index (χ4n) is 3.90. The number of hydrogen-bond donors (Lipinski definition) is 0. The molecular weight excluding hydrogens is 366 g/mol. The molecule has 0 aliphatic carbocycles. The molecular formula is C27H22N3. The molecule has 3 nitrogen and oxygen atoms in total. The summed E-state index contributed by atoms with van der Waals surface area (Å²) in [4.78, 5) is 9.15. The van der Waals surface area contributed by atoms with Crippen molar-refractivity contribution in [3.8, 4) is 0 Å². The Balaban J connectivity index is 1.41. The third-order valence-corrected chi connectivity index (χ3v) is 5.36.